The van der Waals surface area contributed by atoms with Crippen LogP contribution in [0.3, 0.4) is 0 Å². The van der Waals surface area contributed by atoms with Crippen molar-refractivity contribution in [1.82, 2.24) is 4.98 Å². The first kappa shape index (κ1) is 13.2. The topological polar surface area (TPSA) is 42.0 Å². The van der Waals surface area contributed by atoms with E-state index in [0.717, 1.165) is 5.56 Å². The number of aryl methyl sites for hydroxylation is 2. The van der Waals surface area contributed by atoms with Gasteiger partial charge >= 0.3 is 0 Å². The Balaban J connectivity index is 1.88. The Labute approximate surface area is 111 Å². The van der Waals surface area contributed by atoms with Gasteiger partial charge in [-0.25, -0.2) is 4.98 Å². The summed E-state index contributed by atoms with van der Waals surface area (Å²) < 4.78 is 12.9. The zero-order chi connectivity index (χ0) is 13.7. The average molecular weight is 258 g/mol. The Hall–Kier alpha value is -2.23. The number of hydrogen-bond acceptors (Lipinski definition) is 2. The molecule has 0 spiro atoms. The van der Waals surface area contributed by atoms with Gasteiger partial charge < -0.3 is 5.32 Å². The number of nitrogens with one attached hydrogen (secondary N) is 1. The van der Waals surface area contributed by atoms with Crippen LogP contribution in [0.2, 0.25) is 0 Å². The standard InChI is InChI=1S/C15H15FN2O/c1-11-4-2-5-12(10-11)8-9-15(19)18-14-7-3-6-13(16)17-14/h2-7,10H,8-9H2,1H3,(H,17,18,19). The van der Waals surface area contributed by atoms with Crippen molar-refractivity contribution in [1.29, 1.82) is 0 Å². The maximum atomic E-state index is 12.9. The number of carbonyl (C=O) groups excluding carboxylic acids is 1. The number of pyridine rings is 1. The van der Waals surface area contributed by atoms with E-state index in [0.29, 0.717) is 12.8 Å². The lowest BCUT2D eigenvalue weighted by molar-refractivity contribution is -0.116. The Bertz CT molecular complexity index is 584. The smallest absolute Gasteiger partial charge is 0.225 e. The molecule has 1 aromatic heterocycles. The van der Waals surface area contributed by atoms with E-state index in [4.69, 9.17) is 0 Å². The molecule has 98 valence electrons. The lowest BCUT2D eigenvalue weighted by Gasteiger charge is -2.05. The lowest BCUT2D eigenvalue weighted by Crippen LogP contribution is -2.13. The Morgan fingerprint density at radius 2 is 2.05 bits per heavy atom. The van der Waals surface area contributed by atoms with Gasteiger partial charge in [-0.05, 0) is 31.0 Å². The minimum absolute atomic E-state index is 0.167. The van der Waals surface area contributed by atoms with Gasteiger partial charge in [0.05, 0.1) is 0 Å². The second-order valence-electron chi connectivity index (χ2n) is 4.38. The second-order valence-corrected chi connectivity index (χ2v) is 4.38. The van der Waals surface area contributed by atoms with Gasteiger partial charge in [0.1, 0.15) is 5.82 Å². The van der Waals surface area contributed by atoms with Crippen LogP contribution in [0.15, 0.2) is 42.5 Å². The van der Waals surface area contributed by atoms with E-state index in [-0.39, 0.29) is 11.7 Å². The van der Waals surface area contributed by atoms with Gasteiger partial charge in [-0.2, -0.15) is 4.39 Å². The van der Waals surface area contributed by atoms with E-state index in [1.807, 2.05) is 31.2 Å². The second kappa shape index (κ2) is 6.09. The van der Waals surface area contributed by atoms with E-state index < -0.39 is 5.95 Å². The first-order chi connectivity index (χ1) is 9.13. The van der Waals surface area contributed by atoms with E-state index in [1.54, 1.807) is 6.07 Å². The van der Waals surface area contributed by atoms with E-state index in [9.17, 15) is 9.18 Å². The third kappa shape index (κ3) is 4.17. The van der Waals surface area contributed by atoms with Crippen LogP contribution in [0, 0.1) is 12.9 Å². The summed E-state index contributed by atoms with van der Waals surface area (Å²) in [6.45, 7) is 2.01. The fraction of sp³-hybridized carbons (Fsp3) is 0.200. The molecule has 3 nitrogen and oxygen atoms in total. The van der Waals surface area contributed by atoms with Gasteiger partial charge in [0.15, 0.2) is 0 Å². The summed E-state index contributed by atoms with van der Waals surface area (Å²) in [7, 11) is 0. The predicted octanol–water partition coefficient (Wildman–Crippen LogP) is 3.10. The van der Waals surface area contributed by atoms with Crippen LogP contribution in [0.25, 0.3) is 0 Å². The molecule has 1 amide bonds. The van der Waals surface area contributed by atoms with Crippen LogP contribution in [-0.4, -0.2) is 10.9 Å². The first-order valence-electron chi connectivity index (χ1n) is 6.11. The van der Waals surface area contributed by atoms with Crippen LogP contribution in [0.4, 0.5) is 10.2 Å². The molecule has 1 N–H and O–H groups in total. The molecule has 0 saturated heterocycles. The van der Waals surface area contributed by atoms with Crippen molar-refractivity contribution in [2.24, 2.45) is 0 Å². The Morgan fingerprint density at radius 3 is 2.79 bits per heavy atom. The molecule has 2 aromatic rings. The van der Waals surface area contributed by atoms with Crippen molar-refractivity contribution in [3.8, 4) is 0 Å². The van der Waals surface area contributed by atoms with Crippen LogP contribution in [-0.2, 0) is 11.2 Å². The highest BCUT2D eigenvalue weighted by Crippen LogP contribution is 2.08. The lowest BCUT2D eigenvalue weighted by atomic mass is 10.1. The minimum atomic E-state index is -0.600. The van der Waals surface area contributed by atoms with Crippen molar-refractivity contribution in [3.63, 3.8) is 0 Å². The van der Waals surface area contributed by atoms with Gasteiger partial charge in [-0.1, -0.05) is 35.9 Å². The molecule has 0 aliphatic carbocycles. The summed E-state index contributed by atoms with van der Waals surface area (Å²) in [4.78, 5) is 15.3. The maximum Gasteiger partial charge on any atom is 0.225 e. The van der Waals surface area contributed by atoms with Crippen molar-refractivity contribution in [2.75, 3.05) is 5.32 Å². The number of halogens is 1. The summed E-state index contributed by atoms with van der Waals surface area (Å²) in [5.74, 6) is -0.523. The summed E-state index contributed by atoms with van der Waals surface area (Å²) in [5, 5.41) is 2.58. The van der Waals surface area contributed by atoms with E-state index >= 15 is 0 Å². The van der Waals surface area contributed by atoms with E-state index in [2.05, 4.69) is 10.3 Å². The summed E-state index contributed by atoms with van der Waals surface area (Å²) >= 11 is 0. The van der Waals surface area contributed by atoms with Crippen LogP contribution >= 0.6 is 0 Å². The largest absolute Gasteiger partial charge is 0.311 e. The molecular formula is C15H15FN2O. The summed E-state index contributed by atoms with van der Waals surface area (Å²) in [6, 6.07) is 12.3. The fourth-order valence-electron chi connectivity index (χ4n) is 1.81. The molecule has 0 unspecified atom stereocenters. The van der Waals surface area contributed by atoms with E-state index in [1.165, 1.54) is 17.7 Å². The third-order valence-corrected chi connectivity index (χ3v) is 2.71. The normalized spacial score (nSPS) is 10.2. The molecule has 0 radical (unpaired) electrons. The number of benzene rings is 1. The third-order valence-electron chi connectivity index (χ3n) is 2.71. The molecule has 0 aliphatic heterocycles. The molecule has 4 heteroatoms. The predicted molar refractivity (Wildman–Crippen MR) is 72.3 cm³/mol. The number of nitrogens with zero attached hydrogens (tertiary/aromatic N) is 1. The average Bonchev–Trinajstić information content (AvgIpc) is 2.36. The van der Waals surface area contributed by atoms with Crippen LogP contribution < -0.4 is 5.32 Å². The Morgan fingerprint density at radius 1 is 1.26 bits per heavy atom. The van der Waals surface area contributed by atoms with Gasteiger partial charge in [0.2, 0.25) is 11.9 Å². The fourth-order valence-corrected chi connectivity index (χ4v) is 1.81. The monoisotopic (exact) mass is 258 g/mol. The molecule has 0 saturated carbocycles. The quantitative estimate of drug-likeness (QED) is 0.856. The van der Waals surface area contributed by atoms with Gasteiger partial charge in [0, 0.05) is 6.42 Å². The molecule has 0 atom stereocenters. The molecule has 0 aliphatic rings. The highest BCUT2D eigenvalue weighted by Gasteiger charge is 2.04. The highest BCUT2D eigenvalue weighted by atomic mass is 19.1. The molecule has 2 rings (SSSR count). The van der Waals surface area contributed by atoms with Gasteiger partial charge in [0.25, 0.3) is 0 Å². The Kier molecular flexibility index (Phi) is 4.23. The zero-order valence-corrected chi connectivity index (χ0v) is 10.7. The van der Waals surface area contributed by atoms with Crippen molar-refractivity contribution >= 4 is 11.7 Å². The van der Waals surface area contributed by atoms with Crippen LogP contribution in [0.1, 0.15) is 17.5 Å². The van der Waals surface area contributed by atoms with Crippen molar-refractivity contribution < 1.29 is 9.18 Å². The number of hydrogen-bond donors (Lipinski definition) is 1. The molecule has 1 aromatic carbocycles. The SMILES string of the molecule is Cc1cccc(CCC(=O)Nc2cccc(F)n2)c1. The molecule has 19 heavy (non-hydrogen) atoms. The zero-order valence-electron chi connectivity index (χ0n) is 10.7. The summed E-state index contributed by atoms with van der Waals surface area (Å²) in [6.07, 6.45) is 1.00. The number of rotatable bonds is 4. The molecule has 0 fully saturated rings. The summed E-state index contributed by atoms with van der Waals surface area (Å²) in [5.41, 5.74) is 2.28. The van der Waals surface area contributed by atoms with Gasteiger partial charge in [-0.15, -0.1) is 0 Å². The molecule has 1 heterocycles. The number of anilines is 1. The van der Waals surface area contributed by atoms with Crippen molar-refractivity contribution in [2.45, 2.75) is 19.8 Å². The number of amides is 1. The molecular weight excluding hydrogens is 243 g/mol. The first-order valence-corrected chi connectivity index (χ1v) is 6.11. The number of carbonyl (C=O) groups is 1. The van der Waals surface area contributed by atoms with Crippen molar-refractivity contribution in [3.05, 3.63) is 59.5 Å². The van der Waals surface area contributed by atoms with Crippen LogP contribution in [0.5, 0.6) is 0 Å². The highest BCUT2D eigenvalue weighted by molar-refractivity contribution is 5.89. The minimum Gasteiger partial charge on any atom is -0.311 e. The molecule has 0 bridgehead atoms. The number of aromatic nitrogens is 1. The van der Waals surface area contributed by atoms with Gasteiger partial charge in [-0.3, -0.25) is 4.79 Å². The maximum absolute atomic E-state index is 12.9.